The van der Waals surface area contributed by atoms with E-state index in [1.54, 1.807) is 0 Å². The minimum Gasteiger partial charge on any atom is -0.381 e. The van der Waals surface area contributed by atoms with Gasteiger partial charge in [0.25, 0.3) is 0 Å². The normalized spacial score (nSPS) is 12.2. The van der Waals surface area contributed by atoms with E-state index in [2.05, 4.69) is 56.6 Å². The number of rotatable bonds is 7. The molecule has 2 heteroatoms. The summed E-state index contributed by atoms with van der Waals surface area (Å²) in [6.07, 6.45) is 0.914. The molecule has 1 atom stereocenters. The lowest BCUT2D eigenvalue weighted by Crippen LogP contribution is -2.35. The van der Waals surface area contributed by atoms with Gasteiger partial charge >= 0.3 is 0 Å². The van der Waals surface area contributed by atoms with Crippen molar-refractivity contribution < 1.29 is 0 Å². The van der Waals surface area contributed by atoms with Crippen molar-refractivity contribution in [2.75, 3.05) is 6.54 Å². The molecule has 1 unspecified atom stereocenters. The van der Waals surface area contributed by atoms with Crippen molar-refractivity contribution in [2.45, 2.75) is 26.3 Å². The van der Waals surface area contributed by atoms with Gasteiger partial charge in [-0.2, -0.15) is 0 Å². The molecule has 18 heavy (non-hydrogen) atoms. The van der Waals surface area contributed by atoms with Gasteiger partial charge in [0, 0.05) is 12.2 Å². The van der Waals surface area contributed by atoms with Crippen LogP contribution >= 0.6 is 0 Å². The van der Waals surface area contributed by atoms with E-state index < -0.39 is 0 Å². The topological polar surface area (TPSA) is 38.0 Å². The van der Waals surface area contributed by atoms with Gasteiger partial charge in [0.15, 0.2) is 0 Å². The van der Waals surface area contributed by atoms with Crippen LogP contribution in [0.1, 0.15) is 19.4 Å². The van der Waals surface area contributed by atoms with Crippen LogP contribution in [0.15, 0.2) is 54.8 Å². The highest BCUT2D eigenvalue weighted by atomic mass is 14.9. The van der Waals surface area contributed by atoms with Crippen LogP contribution in [0.5, 0.6) is 0 Å². The molecule has 1 aromatic rings. The molecular weight excluding hydrogens is 220 g/mol. The van der Waals surface area contributed by atoms with Gasteiger partial charge in [-0.05, 0) is 17.9 Å². The van der Waals surface area contributed by atoms with Crippen LogP contribution in [0.2, 0.25) is 0 Å². The van der Waals surface area contributed by atoms with E-state index in [0.29, 0.717) is 12.5 Å². The standard InChI is InChI=1S/C16H24N2/c1-12(2)14(4)16(18-13(3)11-17)10-15-8-6-5-7-9-15/h5-9,12,16,18H,3-4,10-11,17H2,1-2H3. The van der Waals surface area contributed by atoms with E-state index in [4.69, 9.17) is 5.73 Å². The van der Waals surface area contributed by atoms with E-state index in [-0.39, 0.29) is 6.04 Å². The largest absolute Gasteiger partial charge is 0.381 e. The van der Waals surface area contributed by atoms with Crippen molar-refractivity contribution in [2.24, 2.45) is 11.7 Å². The summed E-state index contributed by atoms with van der Waals surface area (Å²) >= 11 is 0. The lowest BCUT2D eigenvalue weighted by Gasteiger charge is -2.25. The molecule has 0 fully saturated rings. The fraction of sp³-hybridized carbons (Fsp3) is 0.375. The SMILES string of the molecule is C=C(CN)NC(Cc1ccccc1)C(=C)C(C)C. The summed E-state index contributed by atoms with van der Waals surface area (Å²) in [4.78, 5) is 0. The number of nitrogens with one attached hydrogen (secondary N) is 1. The van der Waals surface area contributed by atoms with Crippen LogP contribution in [0.3, 0.4) is 0 Å². The monoisotopic (exact) mass is 244 g/mol. The minimum atomic E-state index is 0.198. The van der Waals surface area contributed by atoms with Gasteiger partial charge in [-0.15, -0.1) is 0 Å². The summed E-state index contributed by atoms with van der Waals surface area (Å²) in [7, 11) is 0. The first-order valence-corrected chi connectivity index (χ1v) is 6.41. The molecule has 0 spiro atoms. The number of hydrogen-bond donors (Lipinski definition) is 2. The third-order valence-corrected chi connectivity index (χ3v) is 3.10. The fourth-order valence-corrected chi connectivity index (χ4v) is 1.83. The average molecular weight is 244 g/mol. The Kier molecular flexibility index (Phi) is 5.66. The molecule has 0 bridgehead atoms. The van der Waals surface area contributed by atoms with Crippen molar-refractivity contribution in [1.29, 1.82) is 0 Å². The Bertz CT molecular complexity index is 393. The Hall–Kier alpha value is -1.54. The van der Waals surface area contributed by atoms with E-state index >= 15 is 0 Å². The molecule has 0 saturated carbocycles. The van der Waals surface area contributed by atoms with Crippen LogP contribution in [-0.4, -0.2) is 12.6 Å². The highest BCUT2D eigenvalue weighted by Crippen LogP contribution is 2.17. The second-order valence-electron chi connectivity index (χ2n) is 4.92. The first-order chi connectivity index (χ1) is 8.54. The zero-order chi connectivity index (χ0) is 13.5. The van der Waals surface area contributed by atoms with E-state index in [9.17, 15) is 0 Å². The molecule has 3 N–H and O–H groups in total. The van der Waals surface area contributed by atoms with Crippen LogP contribution < -0.4 is 11.1 Å². The van der Waals surface area contributed by atoms with E-state index in [1.165, 1.54) is 11.1 Å². The lowest BCUT2D eigenvalue weighted by atomic mass is 9.92. The maximum absolute atomic E-state index is 5.60. The third kappa shape index (κ3) is 4.38. The molecule has 0 saturated heterocycles. The van der Waals surface area contributed by atoms with Crippen molar-refractivity contribution in [3.05, 3.63) is 60.3 Å². The van der Waals surface area contributed by atoms with Gasteiger partial charge in [-0.1, -0.05) is 62.9 Å². The average Bonchev–Trinajstić information content (AvgIpc) is 2.38. The Morgan fingerprint density at radius 3 is 2.33 bits per heavy atom. The molecular formula is C16H24N2. The molecule has 0 amide bonds. The smallest absolute Gasteiger partial charge is 0.0511 e. The molecule has 0 aliphatic carbocycles. The quantitative estimate of drug-likeness (QED) is 0.724. The predicted octanol–water partition coefficient (Wildman–Crippen LogP) is 2.87. The number of hydrogen-bond acceptors (Lipinski definition) is 2. The zero-order valence-corrected chi connectivity index (χ0v) is 11.4. The Labute approximate surface area is 111 Å². The lowest BCUT2D eigenvalue weighted by molar-refractivity contribution is 0.565. The van der Waals surface area contributed by atoms with Crippen molar-refractivity contribution in [3.63, 3.8) is 0 Å². The predicted molar refractivity (Wildman–Crippen MR) is 79.2 cm³/mol. The summed E-state index contributed by atoms with van der Waals surface area (Å²) in [5, 5.41) is 3.38. The molecule has 1 aromatic carbocycles. The summed E-state index contributed by atoms with van der Waals surface area (Å²) in [6.45, 7) is 12.9. The molecule has 0 aromatic heterocycles. The maximum Gasteiger partial charge on any atom is 0.0511 e. The van der Waals surface area contributed by atoms with Gasteiger partial charge in [0.05, 0.1) is 6.04 Å². The van der Waals surface area contributed by atoms with Gasteiger partial charge in [-0.25, -0.2) is 0 Å². The maximum atomic E-state index is 5.60. The fourth-order valence-electron chi connectivity index (χ4n) is 1.83. The van der Waals surface area contributed by atoms with Crippen molar-refractivity contribution >= 4 is 0 Å². The van der Waals surface area contributed by atoms with Crippen molar-refractivity contribution in [3.8, 4) is 0 Å². The van der Waals surface area contributed by atoms with Crippen LogP contribution in [0.25, 0.3) is 0 Å². The Balaban J connectivity index is 2.77. The van der Waals surface area contributed by atoms with Gasteiger partial charge < -0.3 is 11.1 Å². The molecule has 1 rings (SSSR count). The summed E-state index contributed by atoms with van der Waals surface area (Å²) in [5.74, 6) is 0.441. The second-order valence-corrected chi connectivity index (χ2v) is 4.92. The Morgan fingerprint density at radius 1 is 1.22 bits per heavy atom. The van der Waals surface area contributed by atoms with Crippen LogP contribution in [0, 0.1) is 5.92 Å². The third-order valence-electron chi connectivity index (χ3n) is 3.10. The Morgan fingerprint density at radius 2 is 1.83 bits per heavy atom. The first kappa shape index (κ1) is 14.5. The molecule has 0 heterocycles. The first-order valence-electron chi connectivity index (χ1n) is 6.41. The zero-order valence-electron chi connectivity index (χ0n) is 11.4. The van der Waals surface area contributed by atoms with Crippen LogP contribution in [-0.2, 0) is 6.42 Å². The van der Waals surface area contributed by atoms with Crippen molar-refractivity contribution in [1.82, 2.24) is 5.32 Å². The molecule has 2 nitrogen and oxygen atoms in total. The van der Waals surface area contributed by atoms with Gasteiger partial charge in [-0.3, -0.25) is 0 Å². The highest BCUT2D eigenvalue weighted by molar-refractivity contribution is 5.22. The second kappa shape index (κ2) is 7.02. The molecule has 0 aliphatic rings. The molecule has 0 aliphatic heterocycles. The van der Waals surface area contributed by atoms with Gasteiger partial charge in [0.1, 0.15) is 0 Å². The minimum absolute atomic E-state index is 0.198. The number of nitrogens with two attached hydrogens (primary N) is 1. The number of benzene rings is 1. The van der Waals surface area contributed by atoms with E-state index in [0.717, 1.165) is 12.1 Å². The molecule has 98 valence electrons. The summed E-state index contributed by atoms with van der Waals surface area (Å²) in [5.41, 5.74) is 8.94. The summed E-state index contributed by atoms with van der Waals surface area (Å²) < 4.78 is 0. The summed E-state index contributed by atoms with van der Waals surface area (Å²) in [6, 6.07) is 10.6. The molecule has 0 radical (unpaired) electrons. The van der Waals surface area contributed by atoms with Crippen LogP contribution in [0.4, 0.5) is 0 Å². The van der Waals surface area contributed by atoms with E-state index in [1.807, 2.05) is 6.07 Å². The van der Waals surface area contributed by atoms with Gasteiger partial charge in [0.2, 0.25) is 0 Å². The highest BCUT2D eigenvalue weighted by Gasteiger charge is 2.16.